The maximum Gasteiger partial charge on any atom is 0.216 e. The van der Waals surface area contributed by atoms with Crippen molar-refractivity contribution in [1.82, 2.24) is 5.32 Å². The van der Waals surface area contributed by atoms with Crippen molar-refractivity contribution in [2.24, 2.45) is 11.3 Å². The van der Waals surface area contributed by atoms with Gasteiger partial charge in [-0.2, -0.15) is 0 Å². The van der Waals surface area contributed by atoms with Crippen LogP contribution in [0, 0.1) is 11.3 Å². The molecule has 1 N–H and O–H groups in total. The minimum absolute atomic E-state index is 0.0566. The third-order valence-electron chi connectivity index (χ3n) is 2.14. The fourth-order valence-corrected chi connectivity index (χ4v) is 0.603. The molecule has 1 amide bonds. The van der Waals surface area contributed by atoms with Crippen molar-refractivity contribution in [2.45, 2.75) is 34.6 Å². The average Bonchev–Trinajstić information content (AvgIpc) is 1.80. The molecule has 2 heteroatoms. The first-order chi connectivity index (χ1) is 4.84. The first kappa shape index (κ1) is 10.5. The van der Waals surface area contributed by atoms with Crippen LogP contribution in [0.1, 0.15) is 34.6 Å². The topological polar surface area (TPSA) is 29.1 Å². The summed E-state index contributed by atoms with van der Waals surface area (Å²) in [5, 5.41) is 2.81. The number of rotatable bonds is 2. The van der Waals surface area contributed by atoms with Crippen LogP contribution >= 0.6 is 0 Å². The second kappa shape index (κ2) is 3.74. The highest BCUT2D eigenvalue weighted by atomic mass is 16.1. The maximum atomic E-state index is 10.6. The molecule has 0 aromatic carbocycles. The minimum atomic E-state index is 0.0566. The first-order valence-corrected chi connectivity index (χ1v) is 4.08. The van der Waals surface area contributed by atoms with E-state index in [-0.39, 0.29) is 11.3 Å². The smallest absolute Gasteiger partial charge is 0.216 e. The van der Waals surface area contributed by atoms with E-state index in [2.05, 4.69) is 33.0 Å². The Kier molecular flexibility index (Phi) is 3.56. The highest BCUT2D eigenvalue weighted by molar-refractivity contribution is 5.72. The van der Waals surface area contributed by atoms with Crippen molar-refractivity contribution in [1.29, 1.82) is 0 Å². The molecule has 0 heterocycles. The van der Waals surface area contributed by atoms with Crippen LogP contribution in [0.4, 0.5) is 0 Å². The molecule has 11 heavy (non-hydrogen) atoms. The molecule has 0 saturated heterocycles. The predicted octanol–water partition coefficient (Wildman–Crippen LogP) is 1.80. The summed E-state index contributed by atoms with van der Waals surface area (Å²) in [4.78, 5) is 10.6. The lowest BCUT2D eigenvalue weighted by Gasteiger charge is -2.27. The largest absolute Gasteiger partial charge is 0.356 e. The van der Waals surface area contributed by atoms with Crippen LogP contribution in [0.15, 0.2) is 0 Å². The fraction of sp³-hybridized carbons (Fsp3) is 0.889. The molecule has 1 unspecified atom stereocenters. The van der Waals surface area contributed by atoms with E-state index < -0.39 is 0 Å². The maximum absolute atomic E-state index is 10.6. The van der Waals surface area contributed by atoms with Gasteiger partial charge in [-0.1, -0.05) is 27.7 Å². The monoisotopic (exact) mass is 157 g/mol. The number of nitrogens with one attached hydrogen (secondary N) is 1. The van der Waals surface area contributed by atoms with Gasteiger partial charge in [0.2, 0.25) is 5.91 Å². The van der Waals surface area contributed by atoms with Crippen LogP contribution in [0.25, 0.3) is 0 Å². The second-order valence-electron chi connectivity index (χ2n) is 4.20. The molecule has 0 fully saturated rings. The summed E-state index contributed by atoms with van der Waals surface area (Å²) < 4.78 is 0. The van der Waals surface area contributed by atoms with Gasteiger partial charge in [-0.05, 0) is 11.3 Å². The Labute approximate surface area is 69.4 Å². The molecular weight excluding hydrogens is 138 g/mol. The SMILES string of the molecule is CC(=O)NCC(C)C(C)(C)C. The van der Waals surface area contributed by atoms with Crippen LogP contribution < -0.4 is 5.32 Å². The van der Waals surface area contributed by atoms with E-state index in [0.29, 0.717) is 5.92 Å². The molecule has 0 spiro atoms. The molecule has 0 aromatic heterocycles. The van der Waals surface area contributed by atoms with E-state index in [1.165, 1.54) is 0 Å². The highest BCUT2D eigenvalue weighted by Gasteiger charge is 2.19. The van der Waals surface area contributed by atoms with Crippen LogP contribution in [0.5, 0.6) is 0 Å². The Morgan fingerprint density at radius 2 is 1.91 bits per heavy atom. The average molecular weight is 157 g/mol. The molecule has 1 atom stereocenters. The fourth-order valence-electron chi connectivity index (χ4n) is 0.603. The van der Waals surface area contributed by atoms with Crippen LogP contribution in [-0.4, -0.2) is 12.5 Å². The Balaban J connectivity index is 3.70. The summed E-state index contributed by atoms with van der Waals surface area (Å²) in [5.74, 6) is 0.576. The molecule has 2 nitrogen and oxygen atoms in total. The molecular formula is C9H19NO. The molecule has 66 valence electrons. The Morgan fingerprint density at radius 1 is 1.45 bits per heavy atom. The molecule has 0 aliphatic heterocycles. The highest BCUT2D eigenvalue weighted by Crippen LogP contribution is 2.24. The van der Waals surface area contributed by atoms with Crippen LogP contribution in [-0.2, 0) is 4.79 Å². The summed E-state index contributed by atoms with van der Waals surface area (Å²) in [6.07, 6.45) is 0. The van der Waals surface area contributed by atoms with Gasteiger partial charge in [-0.15, -0.1) is 0 Å². The summed E-state index contributed by atoms with van der Waals surface area (Å²) >= 11 is 0. The number of amides is 1. The Bertz CT molecular complexity index is 135. The lowest BCUT2D eigenvalue weighted by Crippen LogP contribution is -2.32. The summed E-state index contributed by atoms with van der Waals surface area (Å²) in [5.41, 5.74) is 0.280. The molecule has 0 saturated carbocycles. The first-order valence-electron chi connectivity index (χ1n) is 4.08. The van der Waals surface area contributed by atoms with E-state index in [9.17, 15) is 4.79 Å². The van der Waals surface area contributed by atoms with Gasteiger partial charge in [-0.25, -0.2) is 0 Å². The molecule has 0 bridgehead atoms. The van der Waals surface area contributed by atoms with Gasteiger partial charge in [0.05, 0.1) is 0 Å². The summed E-state index contributed by atoms with van der Waals surface area (Å²) in [6.45, 7) is 11.0. The van der Waals surface area contributed by atoms with Gasteiger partial charge in [0.25, 0.3) is 0 Å². The van der Waals surface area contributed by atoms with Gasteiger partial charge < -0.3 is 5.32 Å². The van der Waals surface area contributed by atoms with Crippen LogP contribution in [0.3, 0.4) is 0 Å². The third-order valence-corrected chi connectivity index (χ3v) is 2.14. The standard InChI is InChI=1S/C9H19NO/c1-7(9(3,4)5)6-10-8(2)11/h7H,6H2,1-5H3,(H,10,11). The van der Waals surface area contributed by atoms with E-state index in [0.717, 1.165) is 6.54 Å². The quantitative estimate of drug-likeness (QED) is 0.650. The number of carbonyl (C=O) groups excluding carboxylic acids is 1. The number of carbonyl (C=O) groups is 1. The Hall–Kier alpha value is -0.530. The van der Waals surface area contributed by atoms with Crippen molar-refractivity contribution in [3.63, 3.8) is 0 Å². The lowest BCUT2D eigenvalue weighted by atomic mass is 9.82. The normalized spacial score (nSPS) is 14.3. The van der Waals surface area contributed by atoms with Gasteiger partial charge in [0.15, 0.2) is 0 Å². The zero-order chi connectivity index (χ0) is 9.07. The van der Waals surface area contributed by atoms with Crippen molar-refractivity contribution >= 4 is 5.91 Å². The number of hydrogen-bond donors (Lipinski definition) is 1. The Morgan fingerprint density at radius 3 is 2.18 bits per heavy atom. The van der Waals surface area contributed by atoms with Gasteiger partial charge in [0, 0.05) is 13.5 Å². The predicted molar refractivity (Wildman–Crippen MR) is 47.3 cm³/mol. The van der Waals surface area contributed by atoms with Crippen molar-refractivity contribution < 1.29 is 4.79 Å². The van der Waals surface area contributed by atoms with Gasteiger partial charge in [-0.3, -0.25) is 4.79 Å². The second-order valence-corrected chi connectivity index (χ2v) is 4.20. The van der Waals surface area contributed by atoms with Gasteiger partial charge >= 0.3 is 0 Å². The van der Waals surface area contributed by atoms with Crippen LogP contribution in [0.2, 0.25) is 0 Å². The van der Waals surface area contributed by atoms with E-state index >= 15 is 0 Å². The zero-order valence-corrected chi connectivity index (χ0v) is 8.19. The van der Waals surface area contributed by atoms with Crippen molar-refractivity contribution in [3.05, 3.63) is 0 Å². The van der Waals surface area contributed by atoms with E-state index in [1.807, 2.05) is 0 Å². The molecule has 0 aromatic rings. The molecule has 0 rings (SSSR count). The zero-order valence-electron chi connectivity index (χ0n) is 8.19. The summed E-state index contributed by atoms with van der Waals surface area (Å²) in [6, 6.07) is 0. The van der Waals surface area contributed by atoms with Crippen molar-refractivity contribution in [3.8, 4) is 0 Å². The van der Waals surface area contributed by atoms with E-state index in [4.69, 9.17) is 0 Å². The van der Waals surface area contributed by atoms with Crippen molar-refractivity contribution in [2.75, 3.05) is 6.54 Å². The third kappa shape index (κ3) is 4.82. The molecule has 0 aliphatic carbocycles. The van der Waals surface area contributed by atoms with Gasteiger partial charge in [0.1, 0.15) is 0 Å². The molecule has 0 radical (unpaired) electrons. The van der Waals surface area contributed by atoms with E-state index in [1.54, 1.807) is 6.92 Å². The lowest BCUT2D eigenvalue weighted by molar-refractivity contribution is -0.119. The number of hydrogen-bond acceptors (Lipinski definition) is 1. The minimum Gasteiger partial charge on any atom is -0.356 e. The summed E-state index contributed by atoms with van der Waals surface area (Å²) in [7, 11) is 0. The molecule has 0 aliphatic rings.